The highest BCUT2D eigenvalue weighted by atomic mass is 16.3. The van der Waals surface area contributed by atoms with E-state index in [1.165, 1.54) is 27.8 Å². The van der Waals surface area contributed by atoms with Crippen molar-refractivity contribution in [2.24, 2.45) is 0 Å². The molecule has 0 radical (unpaired) electrons. The first-order chi connectivity index (χ1) is 26.8. The van der Waals surface area contributed by atoms with Crippen LogP contribution in [0.3, 0.4) is 0 Å². The van der Waals surface area contributed by atoms with Crippen molar-refractivity contribution >= 4 is 39.0 Å². The van der Waals surface area contributed by atoms with Crippen LogP contribution >= 0.6 is 0 Å². The fourth-order valence-electron chi connectivity index (χ4n) is 8.21. The van der Waals surface area contributed by atoms with Crippen molar-refractivity contribution in [2.45, 2.75) is 24.5 Å². The van der Waals surface area contributed by atoms with Crippen LogP contribution in [0.4, 0.5) is 11.4 Å². The van der Waals surface area contributed by atoms with Gasteiger partial charge in [0, 0.05) is 28.3 Å². The SMILES string of the molecule is C1=CC2=C(c3ccc(N(C4=CCC(c5ccccc5)C=C4)c4ccc(-c5ccccc5)cc4)c4c3oc3ccccc34)NC(c3ccccc3)NC2C=C1. The number of allylic oxidation sites excluding steroid dienone is 5. The number of nitrogens with one attached hydrogen (secondary N) is 2. The molecule has 2 aliphatic carbocycles. The lowest BCUT2D eigenvalue weighted by molar-refractivity contribution is 0.460. The minimum atomic E-state index is -0.0695. The van der Waals surface area contributed by atoms with Crippen LogP contribution in [0.5, 0.6) is 0 Å². The van der Waals surface area contributed by atoms with E-state index in [9.17, 15) is 0 Å². The Bertz CT molecular complexity index is 2630. The molecular weight excluding hydrogens is 659 g/mol. The second-order valence-electron chi connectivity index (χ2n) is 14.1. The fraction of sp³-hybridized carbons (Fsp3) is 0.0800. The molecule has 260 valence electrons. The van der Waals surface area contributed by atoms with E-state index in [2.05, 4.69) is 210 Å². The zero-order chi connectivity index (χ0) is 35.8. The van der Waals surface area contributed by atoms with E-state index in [4.69, 9.17) is 4.42 Å². The molecular formula is C50H39N3O. The Balaban J connectivity index is 1.15. The van der Waals surface area contributed by atoms with Crippen molar-refractivity contribution < 1.29 is 4.42 Å². The van der Waals surface area contributed by atoms with E-state index in [0.717, 1.165) is 56.7 Å². The van der Waals surface area contributed by atoms with E-state index in [-0.39, 0.29) is 12.2 Å². The molecule has 0 amide bonds. The summed E-state index contributed by atoms with van der Waals surface area (Å²) in [6, 6.07) is 53.9. The molecule has 0 saturated carbocycles. The molecule has 3 aliphatic rings. The summed E-state index contributed by atoms with van der Waals surface area (Å²) in [5.74, 6) is 0.330. The van der Waals surface area contributed by atoms with Crippen molar-refractivity contribution in [3.63, 3.8) is 0 Å². The minimum absolute atomic E-state index is 0.0604. The summed E-state index contributed by atoms with van der Waals surface area (Å²) in [5.41, 5.74) is 13.3. The zero-order valence-corrected chi connectivity index (χ0v) is 29.8. The summed E-state index contributed by atoms with van der Waals surface area (Å²) >= 11 is 0. The summed E-state index contributed by atoms with van der Waals surface area (Å²) in [6.45, 7) is 0. The molecule has 2 N–H and O–H groups in total. The van der Waals surface area contributed by atoms with Gasteiger partial charge in [0.25, 0.3) is 0 Å². The third-order valence-electron chi connectivity index (χ3n) is 10.9. The maximum Gasteiger partial charge on any atom is 0.146 e. The minimum Gasteiger partial charge on any atom is -0.455 e. The molecule has 1 aliphatic heterocycles. The summed E-state index contributed by atoms with van der Waals surface area (Å²) < 4.78 is 6.92. The van der Waals surface area contributed by atoms with Gasteiger partial charge in [-0.15, -0.1) is 0 Å². The normalized spacial score (nSPS) is 19.1. The molecule has 54 heavy (non-hydrogen) atoms. The van der Waals surface area contributed by atoms with Gasteiger partial charge in [-0.05, 0) is 70.7 Å². The molecule has 6 aromatic carbocycles. The predicted molar refractivity (Wildman–Crippen MR) is 223 cm³/mol. The molecule has 10 rings (SSSR count). The molecule has 0 saturated heterocycles. The number of fused-ring (bicyclic) bond motifs is 4. The number of para-hydroxylation sites is 1. The van der Waals surface area contributed by atoms with E-state index in [0.29, 0.717) is 5.92 Å². The first kappa shape index (κ1) is 32.1. The highest BCUT2D eigenvalue weighted by Gasteiger charge is 2.31. The Morgan fingerprint density at radius 2 is 1.31 bits per heavy atom. The van der Waals surface area contributed by atoms with Crippen LogP contribution in [0.25, 0.3) is 38.8 Å². The van der Waals surface area contributed by atoms with Crippen molar-refractivity contribution in [2.75, 3.05) is 4.90 Å². The molecule has 1 aromatic heterocycles. The van der Waals surface area contributed by atoms with Gasteiger partial charge >= 0.3 is 0 Å². The van der Waals surface area contributed by atoms with Crippen molar-refractivity contribution in [3.8, 4) is 11.1 Å². The van der Waals surface area contributed by atoms with Gasteiger partial charge in [-0.1, -0.05) is 158 Å². The van der Waals surface area contributed by atoms with Crippen LogP contribution < -0.4 is 15.5 Å². The second kappa shape index (κ2) is 13.7. The summed E-state index contributed by atoms with van der Waals surface area (Å²) in [7, 11) is 0. The van der Waals surface area contributed by atoms with Gasteiger partial charge in [0.2, 0.25) is 0 Å². The van der Waals surface area contributed by atoms with Crippen LogP contribution in [-0.2, 0) is 0 Å². The molecule has 0 bridgehead atoms. The number of benzene rings is 6. The Labute approximate surface area is 315 Å². The molecule has 2 heterocycles. The molecule has 0 fully saturated rings. The molecule has 3 unspecified atom stereocenters. The number of anilines is 2. The lowest BCUT2D eigenvalue weighted by Crippen LogP contribution is -2.45. The summed E-state index contributed by atoms with van der Waals surface area (Å²) in [4.78, 5) is 2.41. The third-order valence-corrected chi connectivity index (χ3v) is 10.9. The number of hydrogen-bond acceptors (Lipinski definition) is 4. The molecule has 7 aromatic rings. The predicted octanol–water partition coefficient (Wildman–Crippen LogP) is 12.1. The maximum atomic E-state index is 6.92. The Morgan fingerprint density at radius 3 is 2.07 bits per heavy atom. The van der Waals surface area contributed by atoms with Crippen LogP contribution in [0, 0.1) is 0 Å². The van der Waals surface area contributed by atoms with Gasteiger partial charge < -0.3 is 14.6 Å². The maximum absolute atomic E-state index is 6.92. The van der Waals surface area contributed by atoms with Gasteiger partial charge in [0.05, 0.1) is 22.8 Å². The lowest BCUT2D eigenvalue weighted by Gasteiger charge is -2.36. The standard InChI is InChI=1S/C50H39N3O/c1-4-14-34(15-5-1)36-24-28-39(29-25-36)53(40-30-26-37(27-31-40)35-16-6-2-7-17-35)45-33-32-43(49-47(45)42-21-11-13-23-46(42)54-49)48-41-20-10-12-22-44(41)51-50(52-48)38-18-8-3-9-19-38/h1-26,28-33,37,44,50-52H,27H2. The number of nitrogens with zero attached hydrogens (tertiary/aromatic N) is 1. The van der Waals surface area contributed by atoms with Crippen molar-refractivity contribution in [1.82, 2.24) is 10.6 Å². The number of rotatable bonds is 7. The quantitative estimate of drug-likeness (QED) is 0.174. The highest BCUT2D eigenvalue weighted by Crippen LogP contribution is 2.46. The largest absolute Gasteiger partial charge is 0.455 e. The zero-order valence-electron chi connectivity index (χ0n) is 29.8. The fourth-order valence-corrected chi connectivity index (χ4v) is 8.21. The second-order valence-corrected chi connectivity index (χ2v) is 14.1. The average molecular weight is 698 g/mol. The third kappa shape index (κ3) is 5.78. The van der Waals surface area contributed by atoms with Gasteiger partial charge in [-0.25, -0.2) is 0 Å². The topological polar surface area (TPSA) is 40.4 Å². The van der Waals surface area contributed by atoms with Crippen molar-refractivity contribution in [1.29, 1.82) is 0 Å². The molecule has 4 nitrogen and oxygen atoms in total. The van der Waals surface area contributed by atoms with E-state index < -0.39 is 0 Å². The van der Waals surface area contributed by atoms with Crippen LogP contribution in [0.15, 0.2) is 210 Å². The highest BCUT2D eigenvalue weighted by molar-refractivity contribution is 6.15. The number of hydrogen-bond donors (Lipinski definition) is 2. The van der Waals surface area contributed by atoms with Crippen LogP contribution in [-0.4, -0.2) is 6.04 Å². The Morgan fingerprint density at radius 1 is 0.611 bits per heavy atom. The summed E-state index contributed by atoms with van der Waals surface area (Å²) in [5, 5.41) is 9.89. The van der Waals surface area contributed by atoms with E-state index >= 15 is 0 Å². The molecule has 4 heteroatoms. The van der Waals surface area contributed by atoms with Gasteiger partial charge in [0.15, 0.2) is 0 Å². The van der Waals surface area contributed by atoms with Crippen molar-refractivity contribution in [3.05, 3.63) is 222 Å². The molecule has 0 spiro atoms. The smallest absolute Gasteiger partial charge is 0.146 e. The monoisotopic (exact) mass is 697 g/mol. The van der Waals surface area contributed by atoms with Gasteiger partial charge in [0.1, 0.15) is 17.3 Å². The molecule has 3 atom stereocenters. The average Bonchev–Trinajstić information content (AvgIpc) is 3.65. The van der Waals surface area contributed by atoms with Crippen LogP contribution in [0.2, 0.25) is 0 Å². The van der Waals surface area contributed by atoms with E-state index in [1.54, 1.807) is 0 Å². The van der Waals surface area contributed by atoms with Gasteiger partial charge in [-0.3, -0.25) is 5.32 Å². The van der Waals surface area contributed by atoms with Crippen LogP contribution in [0.1, 0.15) is 35.2 Å². The number of furan rings is 1. The summed E-state index contributed by atoms with van der Waals surface area (Å²) in [6.07, 6.45) is 16.6. The Hall–Kier alpha value is -6.62. The van der Waals surface area contributed by atoms with E-state index in [1.807, 2.05) is 0 Å². The first-order valence-electron chi connectivity index (χ1n) is 18.8. The lowest BCUT2D eigenvalue weighted by atomic mass is 9.90. The first-order valence-corrected chi connectivity index (χ1v) is 18.8. The van der Waals surface area contributed by atoms with Gasteiger partial charge in [-0.2, -0.15) is 0 Å². The Kier molecular flexibility index (Phi) is 8.16.